The molecule has 0 aromatic heterocycles. The van der Waals surface area contributed by atoms with Gasteiger partial charge in [-0.1, -0.05) is 18.2 Å². The molecule has 0 spiro atoms. The van der Waals surface area contributed by atoms with E-state index in [1.165, 1.54) is 5.56 Å². The molecule has 4 heteroatoms. The van der Waals surface area contributed by atoms with E-state index in [1.807, 2.05) is 18.2 Å². The van der Waals surface area contributed by atoms with Crippen LogP contribution in [0.15, 0.2) is 24.3 Å². The molecule has 0 bridgehead atoms. The van der Waals surface area contributed by atoms with Gasteiger partial charge in [0.1, 0.15) is 0 Å². The van der Waals surface area contributed by atoms with Gasteiger partial charge in [0, 0.05) is 25.2 Å². The van der Waals surface area contributed by atoms with Gasteiger partial charge < -0.3 is 16.0 Å². The minimum absolute atomic E-state index is 0.187. The minimum atomic E-state index is 0.187. The van der Waals surface area contributed by atoms with Crippen LogP contribution >= 0.6 is 0 Å². The van der Waals surface area contributed by atoms with Crippen LogP contribution in [0.5, 0.6) is 0 Å². The van der Waals surface area contributed by atoms with Crippen LogP contribution in [0.25, 0.3) is 0 Å². The maximum atomic E-state index is 11.6. The summed E-state index contributed by atoms with van der Waals surface area (Å²) in [5, 5.41) is 2.74. The number of nitrogens with zero attached hydrogens (tertiary/aromatic N) is 1. The lowest BCUT2D eigenvalue weighted by Gasteiger charge is -2.31. The molecule has 1 aromatic carbocycles. The van der Waals surface area contributed by atoms with E-state index >= 15 is 0 Å². The van der Waals surface area contributed by atoms with Gasteiger partial charge in [-0.15, -0.1) is 0 Å². The highest BCUT2D eigenvalue weighted by molar-refractivity contribution is 5.78. The molecule has 0 saturated carbocycles. The first-order valence-corrected chi connectivity index (χ1v) is 6.98. The fraction of sp³-hybridized carbons (Fsp3) is 0.533. The van der Waals surface area contributed by atoms with Crippen molar-refractivity contribution in [1.29, 1.82) is 0 Å². The third kappa shape index (κ3) is 3.70. The summed E-state index contributed by atoms with van der Waals surface area (Å²) >= 11 is 0. The summed E-state index contributed by atoms with van der Waals surface area (Å²) in [5.74, 6) is 0.384. The molecule has 19 heavy (non-hydrogen) atoms. The first kappa shape index (κ1) is 13.9. The van der Waals surface area contributed by atoms with E-state index in [4.69, 9.17) is 5.73 Å². The third-order valence-electron chi connectivity index (χ3n) is 3.96. The number of nitrogens with one attached hydrogen (secondary N) is 1. The van der Waals surface area contributed by atoms with Crippen molar-refractivity contribution in [1.82, 2.24) is 10.2 Å². The number of nitrogens with two attached hydrogens (primary N) is 1. The fourth-order valence-corrected chi connectivity index (χ4v) is 2.66. The number of para-hydroxylation sites is 1. The second-order valence-corrected chi connectivity index (χ2v) is 5.18. The van der Waals surface area contributed by atoms with Gasteiger partial charge in [-0.05, 0) is 44.0 Å². The standard InChI is InChI=1S/C15H23N3O/c1-17-15(19)13-7-10-18(11-8-13)9-6-12-4-2-3-5-14(12)16/h2-5,13H,6-11,16H2,1H3,(H,17,19). The normalized spacial score (nSPS) is 17.3. The summed E-state index contributed by atoms with van der Waals surface area (Å²) in [6.07, 6.45) is 2.91. The number of carbonyl (C=O) groups excluding carboxylic acids is 1. The lowest BCUT2D eigenvalue weighted by Crippen LogP contribution is -2.40. The van der Waals surface area contributed by atoms with Crippen molar-refractivity contribution >= 4 is 11.6 Å². The van der Waals surface area contributed by atoms with Crippen molar-refractivity contribution in [2.45, 2.75) is 19.3 Å². The van der Waals surface area contributed by atoms with Gasteiger partial charge in [0.25, 0.3) is 0 Å². The Morgan fingerprint density at radius 3 is 2.68 bits per heavy atom. The number of rotatable bonds is 4. The smallest absolute Gasteiger partial charge is 0.222 e. The average Bonchev–Trinajstić information content (AvgIpc) is 2.46. The SMILES string of the molecule is CNC(=O)C1CCN(CCc2ccccc2N)CC1. The monoisotopic (exact) mass is 261 g/mol. The summed E-state index contributed by atoms with van der Waals surface area (Å²) in [4.78, 5) is 14.0. The van der Waals surface area contributed by atoms with Gasteiger partial charge in [0.15, 0.2) is 0 Å². The molecule has 1 saturated heterocycles. The fourth-order valence-electron chi connectivity index (χ4n) is 2.66. The van der Waals surface area contributed by atoms with E-state index in [9.17, 15) is 4.79 Å². The highest BCUT2D eigenvalue weighted by Crippen LogP contribution is 2.18. The number of piperidine rings is 1. The van der Waals surface area contributed by atoms with E-state index in [0.29, 0.717) is 0 Å². The minimum Gasteiger partial charge on any atom is -0.399 e. The van der Waals surface area contributed by atoms with E-state index in [0.717, 1.165) is 44.6 Å². The van der Waals surface area contributed by atoms with Gasteiger partial charge in [0.05, 0.1) is 0 Å². The Balaban J connectivity index is 1.77. The molecule has 1 aromatic rings. The van der Waals surface area contributed by atoms with Crippen molar-refractivity contribution in [3.63, 3.8) is 0 Å². The van der Waals surface area contributed by atoms with Crippen LogP contribution in [0.4, 0.5) is 5.69 Å². The Bertz CT molecular complexity index is 425. The van der Waals surface area contributed by atoms with E-state index < -0.39 is 0 Å². The Labute approximate surface area is 115 Å². The molecule has 0 unspecified atom stereocenters. The first-order valence-electron chi connectivity index (χ1n) is 6.98. The molecule has 1 aliphatic rings. The second-order valence-electron chi connectivity index (χ2n) is 5.18. The maximum absolute atomic E-state index is 11.6. The van der Waals surface area contributed by atoms with Gasteiger partial charge in [-0.25, -0.2) is 0 Å². The van der Waals surface area contributed by atoms with Crippen molar-refractivity contribution in [2.75, 3.05) is 32.4 Å². The van der Waals surface area contributed by atoms with Gasteiger partial charge in [-0.2, -0.15) is 0 Å². The molecule has 104 valence electrons. The van der Waals surface area contributed by atoms with Crippen LogP contribution in [-0.4, -0.2) is 37.5 Å². The van der Waals surface area contributed by atoms with Gasteiger partial charge in [0.2, 0.25) is 5.91 Å². The number of hydrogen-bond acceptors (Lipinski definition) is 3. The molecular formula is C15H23N3O. The van der Waals surface area contributed by atoms with Crippen LogP contribution in [0.1, 0.15) is 18.4 Å². The van der Waals surface area contributed by atoms with Gasteiger partial charge in [-0.3, -0.25) is 4.79 Å². The number of hydrogen-bond donors (Lipinski definition) is 2. The lowest BCUT2D eigenvalue weighted by atomic mass is 9.95. The summed E-state index contributed by atoms with van der Waals surface area (Å²) < 4.78 is 0. The number of benzene rings is 1. The molecule has 1 fully saturated rings. The molecule has 3 N–H and O–H groups in total. The summed E-state index contributed by atoms with van der Waals surface area (Å²) in [6.45, 7) is 3.03. The Kier molecular flexibility index (Phi) is 4.80. The van der Waals surface area contributed by atoms with E-state index in [-0.39, 0.29) is 11.8 Å². The molecule has 1 aliphatic heterocycles. The predicted molar refractivity (Wildman–Crippen MR) is 77.8 cm³/mol. The summed E-state index contributed by atoms with van der Waals surface area (Å²) in [7, 11) is 1.72. The van der Waals surface area contributed by atoms with Crippen molar-refractivity contribution in [2.24, 2.45) is 5.92 Å². The Morgan fingerprint density at radius 1 is 1.37 bits per heavy atom. The first-order chi connectivity index (χ1) is 9.20. The lowest BCUT2D eigenvalue weighted by molar-refractivity contribution is -0.125. The second kappa shape index (κ2) is 6.57. The topological polar surface area (TPSA) is 58.4 Å². The molecule has 2 rings (SSSR count). The van der Waals surface area contributed by atoms with Crippen LogP contribution in [0.2, 0.25) is 0 Å². The zero-order valence-corrected chi connectivity index (χ0v) is 11.6. The number of carbonyl (C=O) groups is 1. The number of anilines is 1. The van der Waals surface area contributed by atoms with Crippen molar-refractivity contribution < 1.29 is 4.79 Å². The van der Waals surface area contributed by atoms with Crippen LogP contribution in [-0.2, 0) is 11.2 Å². The predicted octanol–water partition coefficient (Wildman–Crippen LogP) is 1.27. The Morgan fingerprint density at radius 2 is 2.05 bits per heavy atom. The van der Waals surface area contributed by atoms with Crippen LogP contribution in [0.3, 0.4) is 0 Å². The van der Waals surface area contributed by atoms with Crippen LogP contribution in [0, 0.1) is 5.92 Å². The molecular weight excluding hydrogens is 238 g/mol. The highest BCUT2D eigenvalue weighted by Gasteiger charge is 2.23. The zero-order chi connectivity index (χ0) is 13.7. The quantitative estimate of drug-likeness (QED) is 0.803. The van der Waals surface area contributed by atoms with Gasteiger partial charge >= 0.3 is 0 Å². The van der Waals surface area contributed by atoms with Crippen molar-refractivity contribution in [3.05, 3.63) is 29.8 Å². The molecule has 0 aliphatic carbocycles. The average molecular weight is 261 g/mol. The molecule has 1 amide bonds. The molecule has 4 nitrogen and oxygen atoms in total. The Hall–Kier alpha value is -1.55. The van der Waals surface area contributed by atoms with E-state index in [2.05, 4.69) is 16.3 Å². The van der Waals surface area contributed by atoms with E-state index in [1.54, 1.807) is 7.05 Å². The number of amides is 1. The maximum Gasteiger partial charge on any atom is 0.222 e. The zero-order valence-electron chi connectivity index (χ0n) is 11.6. The third-order valence-corrected chi connectivity index (χ3v) is 3.96. The highest BCUT2D eigenvalue weighted by atomic mass is 16.1. The molecule has 0 radical (unpaired) electrons. The summed E-state index contributed by atoms with van der Waals surface area (Å²) in [6, 6.07) is 8.04. The molecule has 1 heterocycles. The van der Waals surface area contributed by atoms with Crippen LogP contribution < -0.4 is 11.1 Å². The van der Waals surface area contributed by atoms with Crippen molar-refractivity contribution in [3.8, 4) is 0 Å². The number of nitrogen functional groups attached to an aromatic ring is 1. The molecule has 0 atom stereocenters. The number of likely N-dealkylation sites (tertiary alicyclic amines) is 1. The summed E-state index contributed by atoms with van der Waals surface area (Å²) in [5.41, 5.74) is 8.04. The largest absolute Gasteiger partial charge is 0.399 e.